The number of methoxy groups -OCH3 is 1. The lowest BCUT2D eigenvalue weighted by Gasteiger charge is -2.03. The first-order chi connectivity index (χ1) is 10.1. The zero-order valence-electron chi connectivity index (χ0n) is 11.6. The molecule has 0 aliphatic carbocycles. The second-order valence-electron chi connectivity index (χ2n) is 3.99. The summed E-state index contributed by atoms with van der Waals surface area (Å²) in [7, 11) is 1.27. The molecule has 2 aromatic heterocycles. The Labute approximate surface area is 120 Å². The highest BCUT2D eigenvalue weighted by Gasteiger charge is 2.17. The van der Waals surface area contributed by atoms with Crippen LogP contribution in [0.15, 0.2) is 24.5 Å². The summed E-state index contributed by atoms with van der Waals surface area (Å²) in [5.41, 5.74) is 6.60. The Kier molecular flexibility index (Phi) is 4.17. The maximum absolute atomic E-state index is 11.7. The topological polar surface area (TPSA) is 109 Å². The predicted octanol–water partition coefficient (Wildman–Crippen LogP) is 0.813. The van der Waals surface area contributed by atoms with Gasteiger partial charge in [0, 0.05) is 6.20 Å². The van der Waals surface area contributed by atoms with Crippen LogP contribution in [0.1, 0.15) is 27.9 Å². The van der Waals surface area contributed by atoms with Crippen molar-refractivity contribution in [2.24, 2.45) is 0 Å². The average molecular weight is 290 g/mol. The molecule has 0 aliphatic rings. The number of hydrogen-bond donors (Lipinski definition) is 1. The molecule has 2 aromatic rings. The Morgan fingerprint density at radius 1 is 1.38 bits per heavy atom. The lowest BCUT2D eigenvalue weighted by atomic mass is 10.3. The number of carbonyl (C=O) groups excluding carboxylic acids is 2. The summed E-state index contributed by atoms with van der Waals surface area (Å²) in [6.45, 7) is 1.92. The van der Waals surface area contributed by atoms with Crippen LogP contribution in [-0.4, -0.2) is 40.4 Å². The smallest absolute Gasteiger partial charge is 0.361 e. The molecule has 110 valence electrons. The van der Waals surface area contributed by atoms with Gasteiger partial charge >= 0.3 is 11.9 Å². The van der Waals surface area contributed by atoms with E-state index in [0.29, 0.717) is 5.69 Å². The van der Waals surface area contributed by atoms with Crippen LogP contribution in [0.3, 0.4) is 0 Å². The highest BCUT2D eigenvalue weighted by atomic mass is 16.5. The number of ether oxygens (including phenoxy) is 2. The van der Waals surface area contributed by atoms with Gasteiger partial charge in [-0.05, 0) is 19.1 Å². The van der Waals surface area contributed by atoms with Crippen LogP contribution >= 0.6 is 0 Å². The Morgan fingerprint density at radius 3 is 2.81 bits per heavy atom. The highest BCUT2D eigenvalue weighted by Crippen LogP contribution is 2.15. The number of hydrogen-bond acceptors (Lipinski definition) is 7. The number of nitrogen functional groups attached to an aromatic ring is 1. The van der Waals surface area contributed by atoms with E-state index in [1.807, 2.05) is 0 Å². The largest absolute Gasteiger partial charge is 0.464 e. The van der Waals surface area contributed by atoms with Gasteiger partial charge in [0.1, 0.15) is 5.69 Å². The fourth-order valence-electron chi connectivity index (χ4n) is 1.66. The Morgan fingerprint density at radius 2 is 2.14 bits per heavy atom. The summed E-state index contributed by atoms with van der Waals surface area (Å²) < 4.78 is 10.8. The summed E-state index contributed by atoms with van der Waals surface area (Å²) >= 11 is 0. The second-order valence-corrected chi connectivity index (χ2v) is 3.99. The number of esters is 2. The van der Waals surface area contributed by atoms with Crippen LogP contribution in [0.4, 0.5) is 5.69 Å². The third kappa shape index (κ3) is 2.99. The molecule has 0 atom stereocenters. The Balaban J connectivity index is 2.37. The van der Waals surface area contributed by atoms with Crippen molar-refractivity contribution >= 4 is 17.6 Å². The van der Waals surface area contributed by atoms with Crippen molar-refractivity contribution in [3.63, 3.8) is 0 Å². The molecule has 0 saturated carbocycles. The molecular formula is C13H14N4O4. The number of anilines is 1. The molecule has 0 aliphatic heterocycles. The molecule has 0 saturated heterocycles. The van der Waals surface area contributed by atoms with Gasteiger partial charge in [0.25, 0.3) is 0 Å². The molecule has 0 aromatic carbocycles. The van der Waals surface area contributed by atoms with Crippen LogP contribution in [0.2, 0.25) is 0 Å². The first-order valence-corrected chi connectivity index (χ1v) is 6.13. The zero-order valence-corrected chi connectivity index (χ0v) is 11.6. The lowest BCUT2D eigenvalue weighted by molar-refractivity contribution is 0.0519. The number of aromatic nitrogens is 3. The number of nitrogens with two attached hydrogens (primary N) is 1. The molecule has 8 nitrogen and oxygen atoms in total. The third-order valence-corrected chi connectivity index (χ3v) is 2.61. The van der Waals surface area contributed by atoms with Gasteiger partial charge in [0.05, 0.1) is 31.3 Å². The van der Waals surface area contributed by atoms with Crippen LogP contribution in [0, 0.1) is 0 Å². The molecule has 2 heterocycles. The number of carbonyl (C=O) groups is 2. The van der Waals surface area contributed by atoms with E-state index in [1.54, 1.807) is 13.0 Å². The Hall–Kier alpha value is -2.90. The first kappa shape index (κ1) is 14.5. The van der Waals surface area contributed by atoms with Gasteiger partial charge in [-0.1, -0.05) is 0 Å². The minimum Gasteiger partial charge on any atom is -0.464 e. The summed E-state index contributed by atoms with van der Waals surface area (Å²) in [5.74, 6) is -1.17. The Bertz CT molecular complexity index is 681. The van der Waals surface area contributed by atoms with Crippen molar-refractivity contribution in [1.29, 1.82) is 0 Å². The van der Waals surface area contributed by atoms with E-state index in [-0.39, 0.29) is 23.7 Å². The quantitative estimate of drug-likeness (QED) is 0.830. The van der Waals surface area contributed by atoms with E-state index in [4.69, 9.17) is 10.5 Å². The number of pyridine rings is 1. The van der Waals surface area contributed by atoms with Crippen molar-refractivity contribution in [2.75, 3.05) is 19.5 Å². The molecule has 2 rings (SSSR count). The van der Waals surface area contributed by atoms with E-state index >= 15 is 0 Å². The number of rotatable bonds is 4. The van der Waals surface area contributed by atoms with Crippen LogP contribution in [0.25, 0.3) is 5.69 Å². The van der Waals surface area contributed by atoms with Crippen molar-refractivity contribution in [3.8, 4) is 5.69 Å². The van der Waals surface area contributed by atoms with Gasteiger partial charge in [0.2, 0.25) is 0 Å². The monoisotopic (exact) mass is 290 g/mol. The maximum Gasteiger partial charge on any atom is 0.361 e. The molecule has 2 N–H and O–H groups in total. The van der Waals surface area contributed by atoms with Gasteiger partial charge in [-0.15, -0.1) is 0 Å². The average Bonchev–Trinajstić information content (AvgIpc) is 2.89. The highest BCUT2D eigenvalue weighted by molar-refractivity contribution is 5.93. The van der Waals surface area contributed by atoms with Gasteiger partial charge in [0.15, 0.2) is 5.69 Å². The van der Waals surface area contributed by atoms with Crippen LogP contribution in [-0.2, 0) is 9.47 Å². The summed E-state index contributed by atoms with van der Waals surface area (Å²) in [4.78, 5) is 27.0. The predicted molar refractivity (Wildman–Crippen MR) is 73.1 cm³/mol. The molecular weight excluding hydrogens is 276 g/mol. The van der Waals surface area contributed by atoms with E-state index in [9.17, 15) is 9.59 Å². The third-order valence-electron chi connectivity index (χ3n) is 2.61. The van der Waals surface area contributed by atoms with E-state index < -0.39 is 11.9 Å². The van der Waals surface area contributed by atoms with E-state index in [2.05, 4.69) is 14.8 Å². The minimum absolute atomic E-state index is 0.0216. The zero-order chi connectivity index (χ0) is 15.4. The van der Waals surface area contributed by atoms with E-state index in [1.165, 1.54) is 30.3 Å². The molecule has 0 radical (unpaired) electrons. The van der Waals surface area contributed by atoms with Gasteiger partial charge < -0.3 is 15.2 Å². The summed E-state index contributed by atoms with van der Waals surface area (Å²) in [6.07, 6.45) is 2.89. The van der Waals surface area contributed by atoms with E-state index in [0.717, 1.165) is 0 Å². The second kappa shape index (κ2) is 6.04. The van der Waals surface area contributed by atoms with Crippen LogP contribution < -0.4 is 5.73 Å². The standard InChI is InChI=1S/C13H14N4O4/c1-3-21-13(19)11-9(14)7-17(16-11)8-4-5-15-10(6-8)12(18)20-2/h4-7H,3,14H2,1-2H3. The molecule has 0 fully saturated rings. The van der Waals surface area contributed by atoms with Crippen molar-refractivity contribution in [2.45, 2.75) is 6.92 Å². The maximum atomic E-state index is 11.7. The molecule has 0 amide bonds. The van der Waals surface area contributed by atoms with Gasteiger partial charge in [-0.2, -0.15) is 5.10 Å². The first-order valence-electron chi connectivity index (χ1n) is 6.13. The fraction of sp³-hybridized carbons (Fsp3) is 0.231. The van der Waals surface area contributed by atoms with Crippen molar-refractivity contribution in [3.05, 3.63) is 35.9 Å². The summed E-state index contributed by atoms with van der Waals surface area (Å²) in [5, 5.41) is 4.06. The fourth-order valence-corrected chi connectivity index (χ4v) is 1.66. The van der Waals surface area contributed by atoms with Gasteiger partial charge in [-0.25, -0.2) is 19.3 Å². The lowest BCUT2D eigenvalue weighted by Crippen LogP contribution is -2.09. The molecule has 0 unspecified atom stereocenters. The molecule has 0 spiro atoms. The summed E-state index contributed by atoms with van der Waals surface area (Å²) in [6, 6.07) is 3.10. The van der Waals surface area contributed by atoms with Gasteiger partial charge in [-0.3, -0.25) is 0 Å². The van der Waals surface area contributed by atoms with Crippen molar-refractivity contribution < 1.29 is 19.1 Å². The SMILES string of the molecule is CCOC(=O)c1nn(-c2ccnc(C(=O)OC)c2)cc1N. The van der Waals surface area contributed by atoms with Crippen molar-refractivity contribution in [1.82, 2.24) is 14.8 Å². The molecule has 21 heavy (non-hydrogen) atoms. The normalized spacial score (nSPS) is 10.2. The number of nitrogens with zero attached hydrogens (tertiary/aromatic N) is 3. The minimum atomic E-state index is -0.601. The molecule has 8 heteroatoms. The molecule has 0 bridgehead atoms. The van der Waals surface area contributed by atoms with Crippen LogP contribution in [0.5, 0.6) is 0 Å².